The molecular formula is C23H35N5O5S. The van der Waals surface area contributed by atoms with Crippen LogP contribution in [0, 0.1) is 17.8 Å². The van der Waals surface area contributed by atoms with Gasteiger partial charge in [0, 0.05) is 31.0 Å². The van der Waals surface area contributed by atoms with Crippen LogP contribution in [0.1, 0.15) is 63.7 Å². The van der Waals surface area contributed by atoms with Crippen molar-refractivity contribution in [2.75, 3.05) is 6.54 Å². The van der Waals surface area contributed by atoms with E-state index in [1.807, 2.05) is 13.8 Å². The quantitative estimate of drug-likeness (QED) is 0.320. The van der Waals surface area contributed by atoms with E-state index < -0.39 is 35.9 Å². The molecule has 1 aromatic rings. The van der Waals surface area contributed by atoms with Crippen molar-refractivity contribution < 1.29 is 24.0 Å². The number of aromatic nitrogens is 1. The third-order valence-electron chi connectivity index (χ3n) is 5.61. The van der Waals surface area contributed by atoms with Crippen LogP contribution >= 0.6 is 11.3 Å². The molecule has 10 nitrogen and oxygen atoms in total. The lowest BCUT2D eigenvalue weighted by atomic mass is 9.95. The summed E-state index contributed by atoms with van der Waals surface area (Å²) in [4.78, 5) is 67.0. The molecule has 4 N–H and O–H groups in total. The smallest absolute Gasteiger partial charge is 0.243 e. The topological polar surface area (TPSA) is 146 Å². The zero-order valence-corrected chi connectivity index (χ0v) is 21.2. The lowest BCUT2D eigenvalue weighted by molar-refractivity contribution is -0.133. The van der Waals surface area contributed by atoms with Gasteiger partial charge >= 0.3 is 0 Å². The number of nitrogens with one attached hydrogen (secondary N) is 4. The molecule has 0 spiro atoms. The summed E-state index contributed by atoms with van der Waals surface area (Å²) in [5, 5.41) is 12.8. The monoisotopic (exact) mass is 493 g/mol. The molecule has 2 heterocycles. The zero-order chi connectivity index (χ0) is 25.4. The van der Waals surface area contributed by atoms with Crippen LogP contribution in [-0.4, -0.2) is 59.1 Å². The molecule has 11 heteroatoms. The van der Waals surface area contributed by atoms with Crippen LogP contribution in [0.15, 0.2) is 11.6 Å². The molecule has 0 bridgehead atoms. The van der Waals surface area contributed by atoms with Crippen molar-refractivity contribution in [2.45, 2.75) is 72.0 Å². The number of carbonyl (C=O) groups excluding carboxylic acids is 5. The summed E-state index contributed by atoms with van der Waals surface area (Å²) in [6, 6.07) is -2.66. The third-order valence-corrected chi connectivity index (χ3v) is 6.39. The van der Waals surface area contributed by atoms with E-state index in [0.29, 0.717) is 19.4 Å². The molecule has 0 saturated carbocycles. The molecule has 1 aliphatic rings. The van der Waals surface area contributed by atoms with Gasteiger partial charge in [0.2, 0.25) is 29.4 Å². The maximum Gasteiger partial charge on any atom is 0.243 e. The first-order chi connectivity index (χ1) is 16.0. The van der Waals surface area contributed by atoms with E-state index in [9.17, 15) is 24.0 Å². The lowest BCUT2D eigenvalue weighted by Crippen LogP contribution is -2.57. The van der Waals surface area contributed by atoms with Crippen LogP contribution in [-0.2, 0) is 19.2 Å². The van der Waals surface area contributed by atoms with Crippen molar-refractivity contribution in [1.82, 2.24) is 26.3 Å². The highest BCUT2D eigenvalue weighted by Gasteiger charge is 2.35. The average Bonchev–Trinajstić information content (AvgIpc) is 3.42. The maximum absolute atomic E-state index is 13.3. The SMILES string of the molecule is CC(=O)N[C@@H](C(=O)N[C@H](CC(C)C)C(=O)N[C@H](C[C@H]1CCNC1=O)C(=O)c1nccs1)C(C)C. The Labute approximate surface area is 204 Å². The van der Waals surface area contributed by atoms with E-state index in [1.165, 1.54) is 24.5 Å². The molecule has 34 heavy (non-hydrogen) atoms. The second-order valence-electron chi connectivity index (χ2n) is 9.39. The highest BCUT2D eigenvalue weighted by atomic mass is 32.1. The number of ketones is 1. The number of Topliss-reactive ketones (excluding diaryl/α,β-unsaturated/α-hetero) is 1. The Hall–Kier alpha value is -2.82. The van der Waals surface area contributed by atoms with Crippen LogP contribution in [0.4, 0.5) is 0 Å². The van der Waals surface area contributed by atoms with Crippen LogP contribution in [0.2, 0.25) is 0 Å². The van der Waals surface area contributed by atoms with Gasteiger partial charge in [-0.05, 0) is 31.1 Å². The van der Waals surface area contributed by atoms with E-state index in [2.05, 4.69) is 26.3 Å². The van der Waals surface area contributed by atoms with Crippen molar-refractivity contribution >= 4 is 40.7 Å². The van der Waals surface area contributed by atoms with Gasteiger partial charge < -0.3 is 21.3 Å². The molecule has 0 unspecified atom stereocenters. The van der Waals surface area contributed by atoms with Gasteiger partial charge in [-0.25, -0.2) is 4.98 Å². The van der Waals surface area contributed by atoms with E-state index >= 15 is 0 Å². The molecule has 0 aromatic carbocycles. The fourth-order valence-electron chi connectivity index (χ4n) is 3.87. The standard InChI is InChI=1S/C23H35N5O5S/c1-12(2)10-17(28-22(33)18(13(3)4)26-14(5)29)21(32)27-16(11-15-6-7-24-20(15)31)19(30)23-25-8-9-34-23/h8-9,12-13,15-18H,6-7,10-11H2,1-5H3,(H,24,31)(H,26,29)(H,27,32)(H,28,33)/t15-,16-,17-,18-/m1/s1. The van der Waals surface area contributed by atoms with Crippen LogP contribution < -0.4 is 21.3 Å². The lowest BCUT2D eigenvalue weighted by Gasteiger charge is -2.27. The molecule has 4 amide bonds. The minimum absolute atomic E-state index is 0.0723. The normalized spacial score (nSPS) is 18.2. The Morgan fingerprint density at radius 3 is 2.26 bits per heavy atom. The Bertz CT molecular complexity index is 886. The van der Waals surface area contributed by atoms with Crippen LogP contribution in [0.5, 0.6) is 0 Å². The summed E-state index contributed by atoms with van der Waals surface area (Å²) in [7, 11) is 0. The van der Waals surface area contributed by atoms with Gasteiger partial charge in [-0.3, -0.25) is 24.0 Å². The second kappa shape index (κ2) is 12.6. The fourth-order valence-corrected chi connectivity index (χ4v) is 4.50. The summed E-state index contributed by atoms with van der Waals surface area (Å²) in [6.45, 7) is 9.29. The van der Waals surface area contributed by atoms with Crippen LogP contribution in [0.3, 0.4) is 0 Å². The first kappa shape index (κ1) is 27.4. The summed E-state index contributed by atoms with van der Waals surface area (Å²) < 4.78 is 0. The second-order valence-corrected chi connectivity index (χ2v) is 10.3. The largest absolute Gasteiger partial charge is 0.356 e. The fraction of sp³-hybridized carbons (Fsp3) is 0.652. The molecule has 4 atom stereocenters. The Morgan fingerprint density at radius 1 is 1.09 bits per heavy atom. The maximum atomic E-state index is 13.3. The third kappa shape index (κ3) is 7.89. The molecule has 1 aromatic heterocycles. The molecule has 0 radical (unpaired) electrons. The van der Waals surface area contributed by atoms with Crippen molar-refractivity contribution in [3.05, 3.63) is 16.6 Å². The van der Waals surface area contributed by atoms with Gasteiger partial charge in [-0.15, -0.1) is 11.3 Å². The Morgan fingerprint density at radius 2 is 1.76 bits per heavy atom. The van der Waals surface area contributed by atoms with Gasteiger partial charge in [0.15, 0.2) is 5.01 Å². The highest BCUT2D eigenvalue weighted by molar-refractivity contribution is 7.11. The Kier molecular flexibility index (Phi) is 10.2. The van der Waals surface area contributed by atoms with E-state index in [-0.39, 0.29) is 40.9 Å². The van der Waals surface area contributed by atoms with Crippen molar-refractivity contribution in [2.24, 2.45) is 17.8 Å². The molecule has 0 aliphatic carbocycles. The van der Waals surface area contributed by atoms with E-state index in [0.717, 1.165) is 0 Å². The van der Waals surface area contributed by atoms with Crippen molar-refractivity contribution in [3.8, 4) is 0 Å². The van der Waals surface area contributed by atoms with Gasteiger partial charge in [-0.2, -0.15) is 0 Å². The van der Waals surface area contributed by atoms with Crippen molar-refractivity contribution in [3.63, 3.8) is 0 Å². The Balaban J connectivity index is 2.21. The summed E-state index contributed by atoms with van der Waals surface area (Å²) in [5.41, 5.74) is 0. The summed E-state index contributed by atoms with van der Waals surface area (Å²) in [6.07, 6.45) is 2.58. The van der Waals surface area contributed by atoms with Gasteiger partial charge in [0.1, 0.15) is 12.1 Å². The number of amides is 4. The average molecular weight is 494 g/mol. The number of thiazole rings is 1. The van der Waals surface area contributed by atoms with Gasteiger partial charge in [0.25, 0.3) is 0 Å². The zero-order valence-electron chi connectivity index (χ0n) is 20.3. The highest BCUT2D eigenvalue weighted by Crippen LogP contribution is 2.20. The minimum atomic E-state index is -0.949. The molecule has 2 rings (SSSR count). The van der Waals surface area contributed by atoms with E-state index in [1.54, 1.807) is 19.2 Å². The molecule has 1 aliphatic heterocycles. The molecule has 1 saturated heterocycles. The van der Waals surface area contributed by atoms with Crippen molar-refractivity contribution in [1.29, 1.82) is 0 Å². The number of rotatable bonds is 12. The van der Waals surface area contributed by atoms with E-state index in [4.69, 9.17) is 0 Å². The molecule has 1 fully saturated rings. The first-order valence-corrected chi connectivity index (χ1v) is 12.5. The minimum Gasteiger partial charge on any atom is -0.356 e. The number of nitrogens with zero attached hydrogens (tertiary/aromatic N) is 1. The molecule has 188 valence electrons. The summed E-state index contributed by atoms with van der Waals surface area (Å²) in [5.74, 6) is -2.34. The van der Waals surface area contributed by atoms with Gasteiger partial charge in [0.05, 0.1) is 6.04 Å². The first-order valence-electron chi connectivity index (χ1n) is 11.6. The predicted molar refractivity (Wildman–Crippen MR) is 128 cm³/mol. The van der Waals surface area contributed by atoms with Gasteiger partial charge in [-0.1, -0.05) is 27.7 Å². The predicted octanol–water partition coefficient (Wildman–Crippen LogP) is 1.03. The number of hydrogen-bond donors (Lipinski definition) is 4. The number of hydrogen-bond acceptors (Lipinski definition) is 7. The number of carbonyl (C=O) groups is 5. The van der Waals surface area contributed by atoms with Crippen LogP contribution in [0.25, 0.3) is 0 Å². The molecular weight excluding hydrogens is 458 g/mol. The summed E-state index contributed by atoms with van der Waals surface area (Å²) >= 11 is 1.17.